The minimum Gasteiger partial charge on any atom is -0.493 e. The van der Waals surface area contributed by atoms with Crippen LogP contribution in [0.15, 0.2) is 18.2 Å². The molecule has 0 radical (unpaired) electrons. The van der Waals surface area contributed by atoms with Gasteiger partial charge in [-0.2, -0.15) is 12.7 Å². The lowest BCUT2D eigenvalue weighted by Gasteiger charge is -2.27. The van der Waals surface area contributed by atoms with Crippen LogP contribution in [0, 0.1) is 5.92 Å². The number of benzene rings is 1. The summed E-state index contributed by atoms with van der Waals surface area (Å²) in [6.07, 6.45) is 4.31. The SMILES string of the molecule is O=S(=O)(F)N1CCc2cc(OCC3CCC3)ccc2C1. The maximum Gasteiger partial charge on any atom is 0.375 e. The van der Waals surface area contributed by atoms with Crippen LogP contribution < -0.4 is 4.74 Å². The Bertz CT molecular complexity index is 598. The highest BCUT2D eigenvalue weighted by molar-refractivity contribution is 7.83. The Hall–Kier alpha value is -1.14. The number of hydrogen-bond donors (Lipinski definition) is 0. The van der Waals surface area contributed by atoms with Crippen molar-refractivity contribution in [1.29, 1.82) is 0 Å². The van der Waals surface area contributed by atoms with Gasteiger partial charge in [0.05, 0.1) is 6.61 Å². The van der Waals surface area contributed by atoms with Crippen molar-refractivity contribution in [3.8, 4) is 5.75 Å². The largest absolute Gasteiger partial charge is 0.493 e. The second kappa shape index (κ2) is 5.33. The van der Waals surface area contributed by atoms with E-state index in [1.54, 1.807) is 0 Å². The van der Waals surface area contributed by atoms with Gasteiger partial charge in [-0.25, -0.2) is 0 Å². The van der Waals surface area contributed by atoms with E-state index in [4.69, 9.17) is 4.74 Å². The number of hydrogen-bond acceptors (Lipinski definition) is 3. The molecule has 3 rings (SSSR count). The second-order valence-electron chi connectivity index (χ2n) is 5.56. The van der Waals surface area contributed by atoms with E-state index in [0.29, 0.717) is 12.3 Å². The summed E-state index contributed by atoms with van der Waals surface area (Å²) < 4.78 is 41.4. The smallest absolute Gasteiger partial charge is 0.375 e. The molecule has 0 unspecified atom stereocenters. The van der Waals surface area contributed by atoms with Crippen LogP contribution in [-0.4, -0.2) is 25.9 Å². The Morgan fingerprint density at radius 2 is 2.10 bits per heavy atom. The maximum absolute atomic E-state index is 13.0. The Morgan fingerprint density at radius 1 is 1.30 bits per heavy atom. The molecule has 0 amide bonds. The average Bonchev–Trinajstić information content (AvgIpc) is 2.35. The van der Waals surface area contributed by atoms with Crippen molar-refractivity contribution < 1.29 is 17.0 Å². The molecule has 0 atom stereocenters. The summed E-state index contributed by atoms with van der Waals surface area (Å²) in [7, 11) is -4.59. The quantitative estimate of drug-likeness (QED) is 0.802. The van der Waals surface area contributed by atoms with Gasteiger partial charge in [0, 0.05) is 13.1 Å². The van der Waals surface area contributed by atoms with E-state index in [0.717, 1.165) is 27.8 Å². The van der Waals surface area contributed by atoms with E-state index in [1.165, 1.54) is 19.3 Å². The molecule has 0 aromatic heterocycles. The zero-order valence-electron chi connectivity index (χ0n) is 11.2. The van der Waals surface area contributed by atoms with Gasteiger partial charge in [-0.05, 0) is 48.4 Å². The summed E-state index contributed by atoms with van der Waals surface area (Å²) >= 11 is 0. The molecule has 4 nitrogen and oxygen atoms in total. The van der Waals surface area contributed by atoms with Crippen LogP contribution in [0.4, 0.5) is 3.89 Å². The van der Waals surface area contributed by atoms with Crippen molar-refractivity contribution >= 4 is 10.4 Å². The molecular formula is C14H18FNO3S. The fourth-order valence-electron chi connectivity index (χ4n) is 2.65. The van der Waals surface area contributed by atoms with Crippen LogP contribution in [-0.2, 0) is 23.4 Å². The van der Waals surface area contributed by atoms with Gasteiger partial charge in [0.1, 0.15) is 5.75 Å². The van der Waals surface area contributed by atoms with Gasteiger partial charge >= 0.3 is 10.4 Å². The van der Waals surface area contributed by atoms with E-state index >= 15 is 0 Å². The number of rotatable bonds is 4. The Labute approximate surface area is 118 Å². The Morgan fingerprint density at radius 3 is 2.75 bits per heavy atom. The van der Waals surface area contributed by atoms with Crippen molar-refractivity contribution in [1.82, 2.24) is 4.31 Å². The molecule has 1 aliphatic carbocycles. The van der Waals surface area contributed by atoms with Crippen LogP contribution in [0.3, 0.4) is 0 Å². The predicted octanol–water partition coefficient (Wildman–Crippen LogP) is 2.44. The highest BCUT2D eigenvalue weighted by Gasteiger charge is 2.26. The molecule has 1 aliphatic heterocycles. The molecule has 1 aromatic rings. The second-order valence-corrected chi connectivity index (χ2v) is 6.90. The average molecular weight is 299 g/mol. The summed E-state index contributed by atoms with van der Waals surface area (Å²) in [6, 6.07) is 5.63. The monoisotopic (exact) mass is 299 g/mol. The minimum absolute atomic E-state index is 0.108. The lowest BCUT2D eigenvalue weighted by molar-refractivity contribution is 0.180. The molecule has 1 saturated carbocycles. The first-order chi connectivity index (χ1) is 9.52. The van der Waals surface area contributed by atoms with Gasteiger partial charge in [-0.15, -0.1) is 0 Å². The van der Waals surface area contributed by atoms with Gasteiger partial charge in [-0.1, -0.05) is 16.4 Å². The van der Waals surface area contributed by atoms with E-state index in [1.807, 2.05) is 18.2 Å². The molecule has 0 N–H and O–H groups in total. The van der Waals surface area contributed by atoms with E-state index in [-0.39, 0.29) is 13.1 Å². The molecule has 0 saturated heterocycles. The summed E-state index contributed by atoms with van der Waals surface area (Å²) in [5.74, 6) is 1.51. The molecule has 1 fully saturated rings. The van der Waals surface area contributed by atoms with Crippen LogP contribution in [0.25, 0.3) is 0 Å². The molecule has 0 spiro atoms. The highest BCUT2D eigenvalue weighted by Crippen LogP contribution is 2.29. The number of fused-ring (bicyclic) bond motifs is 1. The van der Waals surface area contributed by atoms with Crippen molar-refractivity contribution in [2.45, 2.75) is 32.2 Å². The zero-order chi connectivity index (χ0) is 14.2. The van der Waals surface area contributed by atoms with Gasteiger partial charge in [0.25, 0.3) is 0 Å². The first-order valence-corrected chi connectivity index (χ1v) is 8.31. The molecule has 20 heavy (non-hydrogen) atoms. The Balaban J connectivity index is 1.68. The first kappa shape index (κ1) is 13.8. The van der Waals surface area contributed by atoms with Gasteiger partial charge in [0.15, 0.2) is 0 Å². The third-order valence-corrected chi connectivity index (χ3v) is 5.10. The van der Waals surface area contributed by atoms with Crippen LogP contribution in [0.5, 0.6) is 5.75 Å². The lowest BCUT2D eigenvalue weighted by atomic mass is 9.86. The highest BCUT2D eigenvalue weighted by atomic mass is 32.3. The molecule has 0 bridgehead atoms. The summed E-state index contributed by atoms with van der Waals surface area (Å²) in [6.45, 7) is 1.05. The van der Waals surface area contributed by atoms with Crippen LogP contribution >= 0.6 is 0 Å². The summed E-state index contributed by atoms with van der Waals surface area (Å²) in [5, 5.41) is 0. The molecule has 1 aromatic carbocycles. The summed E-state index contributed by atoms with van der Waals surface area (Å²) in [5.41, 5.74) is 1.91. The number of ether oxygens (including phenoxy) is 1. The summed E-state index contributed by atoms with van der Waals surface area (Å²) in [4.78, 5) is 0. The van der Waals surface area contributed by atoms with Crippen LogP contribution in [0.2, 0.25) is 0 Å². The molecule has 1 heterocycles. The van der Waals surface area contributed by atoms with Gasteiger partial charge in [-0.3, -0.25) is 0 Å². The van der Waals surface area contributed by atoms with E-state index in [2.05, 4.69) is 0 Å². The van der Waals surface area contributed by atoms with Crippen LogP contribution in [0.1, 0.15) is 30.4 Å². The predicted molar refractivity (Wildman–Crippen MR) is 73.4 cm³/mol. The molecular weight excluding hydrogens is 281 g/mol. The normalized spacial score (nSPS) is 20.2. The molecule has 2 aliphatic rings. The zero-order valence-corrected chi connectivity index (χ0v) is 12.0. The van der Waals surface area contributed by atoms with E-state index < -0.39 is 10.4 Å². The van der Waals surface area contributed by atoms with Crippen molar-refractivity contribution in [3.63, 3.8) is 0 Å². The third-order valence-electron chi connectivity index (χ3n) is 4.17. The third kappa shape index (κ3) is 2.96. The van der Waals surface area contributed by atoms with Crippen molar-refractivity contribution in [3.05, 3.63) is 29.3 Å². The molecule has 110 valence electrons. The Kier molecular flexibility index (Phi) is 3.69. The minimum atomic E-state index is -4.59. The van der Waals surface area contributed by atoms with Crippen molar-refractivity contribution in [2.24, 2.45) is 5.92 Å². The topological polar surface area (TPSA) is 46.6 Å². The van der Waals surface area contributed by atoms with E-state index in [9.17, 15) is 12.3 Å². The first-order valence-electron chi connectivity index (χ1n) is 6.97. The lowest BCUT2D eigenvalue weighted by Crippen LogP contribution is -2.33. The number of nitrogens with zero attached hydrogens (tertiary/aromatic N) is 1. The fraction of sp³-hybridized carbons (Fsp3) is 0.571. The fourth-order valence-corrected chi connectivity index (χ4v) is 3.26. The molecule has 6 heteroatoms. The number of halogens is 1. The van der Waals surface area contributed by atoms with Gasteiger partial charge in [0.2, 0.25) is 0 Å². The van der Waals surface area contributed by atoms with Gasteiger partial charge < -0.3 is 4.74 Å². The van der Waals surface area contributed by atoms with Crippen molar-refractivity contribution in [2.75, 3.05) is 13.2 Å². The standard InChI is InChI=1S/C14H18FNO3S/c15-20(17,18)16-7-6-12-8-14(5-4-13(12)9-16)19-10-11-2-1-3-11/h4-5,8,11H,1-3,6-7,9-10H2. The maximum atomic E-state index is 13.0.